The summed E-state index contributed by atoms with van der Waals surface area (Å²) in [6.45, 7) is 10.5. The van der Waals surface area contributed by atoms with Crippen LogP contribution in [0.5, 0.6) is 0 Å². The number of aliphatic carboxylic acids is 1. The van der Waals surface area contributed by atoms with Crippen LogP contribution in [0, 0.1) is 51.8 Å². The molecule has 0 bridgehead atoms. The number of carbonyl (C=O) groups is 3. The van der Waals surface area contributed by atoms with Crippen molar-refractivity contribution in [2.75, 3.05) is 13.7 Å². The van der Waals surface area contributed by atoms with E-state index in [2.05, 4.69) is 32.6 Å². The van der Waals surface area contributed by atoms with Crippen LogP contribution in [0.15, 0.2) is 11.6 Å². The summed E-state index contributed by atoms with van der Waals surface area (Å²) in [5.41, 5.74) is 1.33. The van der Waals surface area contributed by atoms with Crippen LogP contribution in [0.3, 0.4) is 0 Å². The minimum absolute atomic E-state index is 0.0269. The van der Waals surface area contributed by atoms with Crippen molar-refractivity contribution >= 4 is 17.7 Å². The molecule has 11 unspecified atom stereocenters. The molecule has 216 valence electrons. The minimum atomic E-state index is -0.669. The third kappa shape index (κ3) is 3.93. The topological polar surface area (TPSA) is 83.9 Å². The highest BCUT2D eigenvalue weighted by Crippen LogP contribution is 2.69. The van der Waals surface area contributed by atoms with Crippen LogP contribution in [-0.2, 0) is 19.1 Å². The fourth-order valence-electron chi connectivity index (χ4n) is 11.6. The Morgan fingerprint density at radius 1 is 0.974 bits per heavy atom. The number of ketones is 1. The summed E-state index contributed by atoms with van der Waals surface area (Å²) < 4.78 is 5.17. The zero-order valence-electron chi connectivity index (χ0n) is 24.7. The van der Waals surface area contributed by atoms with Gasteiger partial charge in [0.05, 0.1) is 13.0 Å². The molecule has 1 heterocycles. The van der Waals surface area contributed by atoms with Gasteiger partial charge in [-0.2, -0.15) is 0 Å². The Balaban J connectivity index is 1.30. The quantitative estimate of drug-likeness (QED) is 0.451. The molecular formula is C33H49NO5. The molecule has 6 aliphatic rings. The average Bonchev–Trinajstić information content (AvgIpc) is 3.37. The molecule has 1 saturated heterocycles. The molecule has 0 spiro atoms. The van der Waals surface area contributed by atoms with Crippen LogP contribution in [0.2, 0.25) is 0 Å². The fourth-order valence-corrected chi connectivity index (χ4v) is 11.6. The van der Waals surface area contributed by atoms with Gasteiger partial charge in [0, 0.05) is 12.0 Å². The van der Waals surface area contributed by atoms with Gasteiger partial charge in [-0.1, -0.05) is 33.3 Å². The number of carboxylic acids is 1. The minimum Gasteiger partial charge on any atom is -0.481 e. The number of methoxy groups -OCH3 is 1. The molecule has 0 amide bonds. The van der Waals surface area contributed by atoms with E-state index < -0.39 is 5.97 Å². The van der Waals surface area contributed by atoms with Gasteiger partial charge >= 0.3 is 11.9 Å². The van der Waals surface area contributed by atoms with E-state index in [0.717, 1.165) is 70.8 Å². The molecule has 4 saturated carbocycles. The number of allylic oxidation sites excluding steroid dienone is 2. The number of nitrogens with zero attached hydrogens (tertiary/aromatic N) is 1. The van der Waals surface area contributed by atoms with Crippen LogP contribution >= 0.6 is 0 Å². The lowest BCUT2D eigenvalue weighted by Crippen LogP contribution is -2.63. The Labute approximate surface area is 234 Å². The third-order valence-corrected chi connectivity index (χ3v) is 13.5. The number of esters is 1. The number of carboxylic acid groups (broad SMARTS) is 1. The Morgan fingerprint density at radius 2 is 1.69 bits per heavy atom. The van der Waals surface area contributed by atoms with Gasteiger partial charge in [-0.15, -0.1) is 0 Å². The van der Waals surface area contributed by atoms with Crippen molar-refractivity contribution in [1.29, 1.82) is 0 Å². The molecule has 6 heteroatoms. The molecule has 0 aromatic rings. The van der Waals surface area contributed by atoms with Gasteiger partial charge in [0.25, 0.3) is 0 Å². The van der Waals surface area contributed by atoms with E-state index >= 15 is 0 Å². The largest absolute Gasteiger partial charge is 0.481 e. The van der Waals surface area contributed by atoms with Crippen LogP contribution in [0.1, 0.15) is 98.3 Å². The third-order valence-electron chi connectivity index (χ3n) is 13.5. The van der Waals surface area contributed by atoms with E-state index in [1.165, 1.54) is 12.7 Å². The van der Waals surface area contributed by atoms with E-state index in [0.29, 0.717) is 36.0 Å². The number of hydrogen-bond donors (Lipinski definition) is 1. The van der Waals surface area contributed by atoms with Crippen molar-refractivity contribution in [3.63, 3.8) is 0 Å². The van der Waals surface area contributed by atoms with E-state index in [4.69, 9.17) is 4.74 Å². The van der Waals surface area contributed by atoms with E-state index in [-0.39, 0.29) is 46.0 Å². The fraction of sp³-hybridized carbons (Fsp3) is 0.848. The van der Waals surface area contributed by atoms with Gasteiger partial charge in [-0.3, -0.25) is 19.3 Å². The number of hydrogen-bond acceptors (Lipinski definition) is 5. The summed E-state index contributed by atoms with van der Waals surface area (Å²) in [5.74, 6) is 0.798. The Morgan fingerprint density at radius 3 is 2.41 bits per heavy atom. The number of rotatable bonds is 3. The van der Waals surface area contributed by atoms with Crippen molar-refractivity contribution in [3.8, 4) is 0 Å². The first-order valence-corrected chi connectivity index (χ1v) is 15.8. The molecule has 0 radical (unpaired) electrons. The van der Waals surface area contributed by atoms with Gasteiger partial charge in [0.2, 0.25) is 0 Å². The molecule has 1 N–H and O–H groups in total. The monoisotopic (exact) mass is 539 g/mol. The highest BCUT2D eigenvalue weighted by atomic mass is 16.5. The summed E-state index contributed by atoms with van der Waals surface area (Å²) in [7, 11) is 1.50. The van der Waals surface area contributed by atoms with Crippen molar-refractivity contribution in [2.45, 2.75) is 110 Å². The SMILES string of the molecule is COC(=O)C1CCCN1C1CCC2(C)C(CCC3(C)C4CCC5(C)CCC(C(=O)O)CC5C4=CC(=O)C32)C1C. The summed E-state index contributed by atoms with van der Waals surface area (Å²) in [6.07, 6.45) is 12.9. The average molecular weight is 540 g/mol. The standard InChI is InChI=1S/C33H49NO5/c1-19-22-10-14-33(4)23-9-13-31(2)12-8-20(29(36)37)17-24(31)21(23)18-27(35)28(33)32(22,3)15-11-25(19)34-16-6-7-26(34)30(38)39-5/h18-20,22-26,28H,6-17H2,1-5H3,(H,36,37). The van der Waals surface area contributed by atoms with Gasteiger partial charge in [-0.05, 0) is 123 Å². The predicted molar refractivity (Wildman–Crippen MR) is 149 cm³/mol. The van der Waals surface area contributed by atoms with Crippen molar-refractivity contribution in [1.82, 2.24) is 4.90 Å². The lowest BCUT2D eigenvalue weighted by Gasteiger charge is -2.66. The molecule has 11 atom stereocenters. The highest BCUT2D eigenvalue weighted by molar-refractivity contribution is 5.95. The Hall–Kier alpha value is -1.69. The molecule has 5 fully saturated rings. The summed E-state index contributed by atoms with van der Waals surface area (Å²) in [6, 6.07) is 0.249. The molecule has 6 rings (SSSR count). The number of ether oxygens (including phenoxy) is 1. The zero-order chi connectivity index (χ0) is 27.9. The lowest BCUT2D eigenvalue weighted by molar-refractivity contribution is -0.167. The van der Waals surface area contributed by atoms with Gasteiger partial charge < -0.3 is 9.84 Å². The smallest absolute Gasteiger partial charge is 0.323 e. The molecule has 0 aromatic heterocycles. The first kappa shape index (κ1) is 27.5. The number of fused-ring (bicyclic) bond motifs is 7. The molecule has 5 aliphatic carbocycles. The summed E-state index contributed by atoms with van der Waals surface area (Å²) >= 11 is 0. The van der Waals surface area contributed by atoms with Crippen LogP contribution in [0.4, 0.5) is 0 Å². The molecule has 1 aliphatic heterocycles. The second-order valence-electron chi connectivity index (χ2n) is 15.1. The van der Waals surface area contributed by atoms with Gasteiger partial charge in [0.15, 0.2) is 5.78 Å². The maximum Gasteiger partial charge on any atom is 0.323 e. The molecular weight excluding hydrogens is 490 g/mol. The van der Waals surface area contributed by atoms with Crippen molar-refractivity contribution in [3.05, 3.63) is 11.6 Å². The van der Waals surface area contributed by atoms with Gasteiger partial charge in [-0.25, -0.2) is 0 Å². The first-order valence-electron chi connectivity index (χ1n) is 15.8. The second kappa shape index (κ2) is 9.42. The normalized spacial score (nSPS) is 49.7. The number of likely N-dealkylation sites (tertiary alicyclic amines) is 1. The van der Waals surface area contributed by atoms with E-state index in [1.807, 2.05) is 6.08 Å². The van der Waals surface area contributed by atoms with Crippen LogP contribution in [-0.4, -0.2) is 53.5 Å². The van der Waals surface area contributed by atoms with Crippen molar-refractivity contribution < 1.29 is 24.2 Å². The Bertz CT molecular complexity index is 1080. The van der Waals surface area contributed by atoms with Crippen LogP contribution in [0.25, 0.3) is 0 Å². The lowest BCUT2D eigenvalue weighted by atomic mass is 9.38. The van der Waals surface area contributed by atoms with E-state index in [9.17, 15) is 19.5 Å². The molecule has 6 nitrogen and oxygen atoms in total. The zero-order valence-corrected chi connectivity index (χ0v) is 24.7. The second-order valence-corrected chi connectivity index (χ2v) is 15.1. The first-order chi connectivity index (χ1) is 18.4. The van der Waals surface area contributed by atoms with E-state index in [1.54, 1.807) is 0 Å². The Kier molecular flexibility index (Phi) is 6.64. The maximum absolute atomic E-state index is 14.3. The van der Waals surface area contributed by atoms with Crippen molar-refractivity contribution in [2.24, 2.45) is 51.8 Å². The highest BCUT2D eigenvalue weighted by Gasteiger charge is 2.65. The predicted octanol–water partition coefficient (Wildman–Crippen LogP) is 5.89. The summed E-state index contributed by atoms with van der Waals surface area (Å²) in [4.78, 5) is 41.3. The van der Waals surface area contributed by atoms with Gasteiger partial charge in [0.1, 0.15) is 6.04 Å². The van der Waals surface area contributed by atoms with Crippen LogP contribution < -0.4 is 0 Å². The molecule has 0 aromatic carbocycles. The summed E-state index contributed by atoms with van der Waals surface area (Å²) in [5, 5.41) is 9.83. The maximum atomic E-state index is 14.3. The molecule has 39 heavy (non-hydrogen) atoms. The number of carbonyl (C=O) groups excluding carboxylic acids is 2.